The number of carbonyl (C=O) groups excluding carboxylic acids is 2. The first-order chi connectivity index (χ1) is 11.0. The maximum atomic E-state index is 12.4. The fraction of sp³-hybridized carbons (Fsp3) is 0.625. The molecule has 0 radical (unpaired) electrons. The lowest BCUT2D eigenvalue weighted by molar-refractivity contribution is -0.130. The number of hydrogen-bond donors (Lipinski definition) is 1. The summed E-state index contributed by atoms with van der Waals surface area (Å²) in [7, 11) is 0. The van der Waals surface area contributed by atoms with Crippen LogP contribution in [-0.2, 0) is 4.79 Å². The van der Waals surface area contributed by atoms with Crippen LogP contribution in [0.4, 0.5) is 5.82 Å². The summed E-state index contributed by atoms with van der Waals surface area (Å²) in [4.78, 5) is 35.6. The maximum absolute atomic E-state index is 12.4. The fourth-order valence-corrected chi connectivity index (χ4v) is 2.41. The summed E-state index contributed by atoms with van der Waals surface area (Å²) in [6.45, 7) is 8.94. The van der Waals surface area contributed by atoms with E-state index in [1.54, 1.807) is 22.9 Å². The third-order valence-corrected chi connectivity index (χ3v) is 3.91. The molecule has 1 aromatic rings. The minimum atomic E-state index is -0.130. The Morgan fingerprint density at radius 2 is 1.78 bits per heavy atom. The van der Waals surface area contributed by atoms with Crippen LogP contribution >= 0.6 is 0 Å². The molecule has 0 bridgehead atoms. The van der Waals surface area contributed by atoms with Gasteiger partial charge in [-0.05, 0) is 12.3 Å². The fourth-order valence-electron chi connectivity index (χ4n) is 2.41. The topological polar surface area (TPSA) is 78.4 Å². The van der Waals surface area contributed by atoms with E-state index in [9.17, 15) is 9.59 Å². The Labute approximate surface area is 137 Å². The van der Waals surface area contributed by atoms with Crippen molar-refractivity contribution in [3.8, 4) is 0 Å². The third-order valence-electron chi connectivity index (χ3n) is 3.91. The van der Waals surface area contributed by atoms with Crippen LogP contribution in [0.5, 0.6) is 0 Å². The zero-order valence-corrected chi connectivity index (χ0v) is 14.1. The predicted molar refractivity (Wildman–Crippen MR) is 88.1 cm³/mol. The van der Waals surface area contributed by atoms with Crippen molar-refractivity contribution in [1.29, 1.82) is 0 Å². The molecule has 7 nitrogen and oxygen atoms in total. The average molecular weight is 319 g/mol. The molecule has 2 amide bonds. The second kappa shape index (κ2) is 7.89. The average Bonchev–Trinajstić information content (AvgIpc) is 2.54. The van der Waals surface area contributed by atoms with Gasteiger partial charge in [-0.1, -0.05) is 13.8 Å². The van der Waals surface area contributed by atoms with Crippen molar-refractivity contribution in [1.82, 2.24) is 19.8 Å². The number of rotatable bonds is 5. The van der Waals surface area contributed by atoms with Gasteiger partial charge in [-0.2, -0.15) is 0 Å². The number of carbonyl (C=O) groups is 2. The van der Waals surface area contributed by atoms with Gasteiger partial charge >= 0.3 is 0 Å². The lowest BCUT2D eigenvalue weighted by Crippen LogP contribution is -2.50. The molecule has 1 aliphatic rings. The van der Waals surface area contributed by atoms with E-state index < -0.39 is 0 Å². The van der Waals surface area contributed by atoms with Gasteiger partial charge in [-0.15, -0.1) is 0 Å². The second-order valence-corrected chi connectivity index (χ2v) is 6.19. The molecule has 1 aliphatic heterocycles. The first-order valence-electron chi connectivity index (χ1n) is 8.08. The van der Waals surface area contributed by atoms with Crippen LogP contribution in [0.2, 0.25) is 0 Å². The van der Waals surface area contributed by atoms with Gasteiger partial charge in [0.05, 0.1) is 12.4 Å². The molecule has 1 saturated heterocycles. The minimum Gasteiger partial charge on any atom is -0.369 e. The van der Waals surface area contributed by atoms with Gasteiger partial charge in [0.1, 0.15) is 11.5 Å². The summed E-state index contributed by atoms with van der Waals surface area (Å²) in [5.74, 6) is 1.23. The molecule has 2 rings (SSSR count). The van der Waals surface area contributed by atoms with Gasteiger partial charge < -0.3 is 15.1 Å². The quantitative estimate of drug-likeness (QED) is 0.883. The summed E-state index contributed by atoms with van der Waals surface area (Å²) in [6, 6.07) is 0. The minimum absolute atomic E-state index is 0.0497. The van der Waals surface area contributed by atoms with E-state index in [2.05, 4.69) is 29.1 Å². The van der Waals surface area contributed by atoms with Crippen molar-refractivity contribution in [3.05, 3.63) is 18.1 Å². The summed E-state index contributed by atoms with van der Waals surface area (Å²) in [5.41, 5.74) is 0.343. The van der Waals surface area contributed by atoms with Gasteiger partial charge in [0, 0.05) is 39.6 Å². The second-order valence-electron chi connectivity index (χ2n) is 6.19. The Hall–Kier alpha value is -2.18. The van der Waals surface area contributed by atoms with Gasteiger partial charge in [0.15, 0.2) is 0 Å². The van der Waals surface area contributed by atoms with Crippen LogP contribution in [0.15, 0.2) is 12.4 Å². The van der Waals surface area contributed by atoms with Crippen LogP contribution in [0.25, 0.3) is 0 Å². The van der Waals surface area contributed by atoms with Crippen molar-refractivity contribution in [2.45, 2.75) is 27.2 Å². The number of aromatic nitrogens is 2. The first-order valence-corrected chi connectivity index (χ1v) is 8.08. The van der Waals surface area contributed by atoms with Crippen molar-refractivity contribution >= 4 is 17.6 Å². The standard InChI is InChI=1S/C16H25N5O2/c1-12(2)4-5-17-15-11-18-14(10-19-15)16(23)21-8-6-20(7-9-21)13(3)22/h10-12H,4-9H2,1-3H3,(H,17,19). The van der Waals surface area contributed by atoms with Gasteiger partial charge in [-0.3, -0.25) is 9.59 Å². The number of piperazine rings is 1. The number of hydrogen-bond acceptors (Lipinski definition) is 5. The number of anilines is 1. The molecule has 0 aromatic carbocycles. The van der Waals surface area contributed by atoms with Crippen LogP contribution < -0.4 is 5.32 Å². The molecule has 1 aromatic heterocycles. The lowest BCUT2D eigenvalue weighted by atomic mass is 10.1. The zero-order chi connectivity index (χ0) is 16.8. The molecule has 0 unspecified atom stereocenters. The molecule has 23 heavy (non-hydrogen) atoms. The zero-order valence-electron chi connectivity index (χ0n) is 14.1. The molecule has 1 fully saturated rings. The van der Waals surface area contributed by atoms with Gasteiger partial charge in [0.25, 0.3) is 5.91 Å². The lowest BCUT2D eigenvalue weighted by Gasteiger charge is -2.33. The van der Waals surface area contributed by atoms with Crippen molar-refractivity contribution < 1.29 is 9.59 Å². The molecular formula is C16H25N5O2. The van der Waals surface area contributed by atoms with Gasteiger partial charge in [0.2, 0.25) is 5.91 Å². The number of nitrogens with one attached hydrogen (secondary N) is 1. The van der Waals surface area contributed by atoms with Crippen molar-refractivity contribution in [3.63, 3.8) is 0 Å². The van der Waals surface area contributed by atoms with E-state index in [1.807, 2.05) is 0 Å². The van der Waals surface area contributed by atoms with E-state index in [1.165, 1.54) is 6.20 Å². The maximum Gasteiger partial charge on any atom is 0.274 e. The molecule has 7 heteroatoms. The molecule has 0 atom stereocenters. The highest BCUT2D eigenvalue weighted by molar-refractivity contribution is 5.92. The number of nitrogens with zero attached hydrogens (tertiary/aromatic N) is 4. The predicted octanol–water partition coefficient (Wildman–Crippen LogP) is 1.24. The Balaban J connectivity index is 1.87. The van der Waals surface area contributed by atoms with Crippen LogP contribution in [0.1, 0.15) is 37.7 Å². The number of amides is 2. The van der Waals surface area contributed by atoms with E-state index in [0.717, 1.165) is 13.0 Å². The molecular weight excluding hydrogens is 294 g/mol. The molecule has 126 valence electrons. The SMILES string of the molecule is CC(=O)N1CCN(C(=O)c2cnc(NCCC(C)C)cn2)CC1. The normalized spacial score (nSPS) is 15.0. The van der Waals surface area contributed by atoms with Crippen LogP contribution in [0, 0.1) is 5.92 Å². The summed E-state index contributed by atoms with van der Waals surface area (Å²) < 4.78 is 0. The van der Waals surface area contributed by atoms with E-state index in [-0.39, 0.29) is 11.8 Å². The molecule has 2 heterocycles. The highest BCUT2D eigenvalue weighted by atomic mass is 16.2. The van der Waals surface area contributed by atoms with Crippen LogP contribution in [0.3, 0.4) is 0 Å². The summed E-state index contributed by atoms with van der Waals surface area (Å²) in [5, 5.41) is 3.20. The molecule has 0 saturated carbocycles. The Morgan fingerprint density at radius 1 is 1.13 bits per heavy atom. The molecule has 1 N–H and O–H groups in total. The van der Waals surface area contributed by atoms with Crippen molar-refractivity contribution in [2.24, 2.45) is 5.92 Å². The monoisotopic (exact) mass is 319 g/mol. The van der Waals surface area contributed by atoms with Gasteiger partial charge in [-0.25, -0.2) is 9.97 Å². The van der Waals surface area contributed by atoms with E-state index in [0.29, 0.717) is 43.6 Å². The Bertz CT molecular complexity index is 536. The molecule has 0 spiro atoms. The third kappa shape index (κ3) is 4.91. The first kappa shape index (κ1) is 17.2. The molecule has 0 aliphatic carbocycles. The summed E-state index contributed by atoms with van der Waals surface area (Å²) >= 11 is 0. The highest BCUT2D eigenvalue weighted by Crippen LogP contribution is 2.09. The smallest absolute Gasteiger partial charge is 0.274 e. The Kier molecular flexibility index (Phi) is 5.90. The Morgan fingerprint density at radius 3 is 2.30 bits per heavy atom. The largest absolute Gasteiger partial charge is 0.369 e. The van der Waals surface area contributed by atoms with E-state index in [4.69, 9.17) is 0 Å². The van der Waals surface area contributed by atoms with Crippen molar-refractivity contribution in [2.75, 3.05) is 38.0 Å². The van der Waals surface area contributed by atoms with E-state index >= 15 is 0 Å². The summed E-state index contributed by atoms with van der Waals surface area (Å²) in [6.07, 6.45) is 4.17. The highest BCUT2D eigenvalue weighted by Gasteiger charge is 2.24. The van der Waals surface area contributed by atoms with Crippen LogP contribution in [-0.4, -0.2) is 64.3 Å².